The third-order valence-corrected chi connectivity index (χ3v) is 15.3. The lowest BCUT2D eigenvalue weighted by atomic mass is 9.81. The summed E-state index contributed by atoms with van der Waals surface area (Å²) in [4.78, 5) is 4.79. The Bertz CT molecular complexity index is 4140. The van der Waals surface area contributed by atoms with Crippen LogP contribution in [0.5, 0.6) is 0 Å². The van der Waals surface area contributed by atoms with Gasteiger partial charge in [-0.1, -0.05) is 194 Å². The van der Waals surface area contributed by atoms with Gasteiger partial charge in [-0.05, 0) is 181 Å². The maximum absolute atomic E-state index is 2.47. The number of fused-ring (bicyclic) bond motifs is 2. The van der Waals surface area contributed by atoms with Crippen LogP contribution in [0.15, 0.2) is 267 Å². The van der Waals surface area contributed by atoms with Crippen LogP contribution in [0.2, 0.25) is 0 Å². The summed E-state index contributed by atoms with van der Waals surface area (Å²) in [6, 6.07) is 99.0. The molecule has 334 valence electrons. The van der Waals surface area contributed by atoms with E-state index in [9.17, 15) is 0 Å². The van der Waals surface area contributed by atoms with Gasteiger partial charge in [0.05, 0.1) is 0 Å². The molecule has 0 aliphatic heterocycles. The van der Waals surface area contributed by atoms with E-state index < -0.39 is 0 Å². The monoisotopic (exact) mass is 912 g/mol. The zero-order valence-electron chi connectivity index (χ0n) is 39.3. The topological polar surface area (TPSA) is 6.48 Å². The molecule has 2 heteroatoms. The van der Waals surface area contributed by atoms with Crippen LogP contribution in [0, 0.1) is 0 Å². The Morgan fingerprint density at radius 1 is 0.181 bits per heavy atom. The summed E-state index contributed by atoms with van der Waals surface area (Å²) >= 11 is 0. The molecule has 0 spiro atoms. The lowest BCUT2D eigenvalue weighted by Crippen LogP contribution is -2.10. The van der Waals surface area contributed by atoms with E-state index in [1.165, 1.54) is 108 Å². The first kappa shape index (κ1) is 40.4. The lowest BCUT2D eigenvalue weighted by Gasteiger charge is -2.28. The number of hydrogen-bond acceptors (Lipinski definition) is 2. The molecule has 0 saturated carbocycles. The van der Waals surface area contributed by atoms with Crippen LogP contribution < -0.4 is 9.80 Å². The highest BCUT2D eigenvalue weighted by molar-refractivity contribution is 6.32. The summed E-state index contributed by atoms with van der Waals surface area (Å²) < 4.78 is 0. The average molecular weight is 913 g/mol. The molecule has 15 rings (SSSR count). The molecule has 72 heavy (non-hydrogen) atoms. The van der Waals surface area contributed by atoms with Crippen LogP contribution >= 0.6 is 0 Å². The Kier molecular flexibility index (Phi) is 8.99. The first-order chi connectivity index (χ1) is 35.7. The molecule has 0 saturated heterocycles. The van der Waals surface area contributed by atoms with Crippen molar-refractivity contribution in [3.63, 3.8) is 0 Å². The zero-order valence-corrected chi connectivity index (χ0v) is 39.3. The van der Waals surface area contributed by atoms with Crippen molar-refractivity contribution in [1.29, 1.82) is 0 Å². The second-order valence-corrected chi connectivity index (χ2v) is 19.2. The normalized spacial score (nSPS) is 11.9. The van der Waals surface area contributed by atoms with Crippen LogP contribution in [0.3, 0.4) is 0 Å². The fourth-order valence-electron chi connectivity index (χ4n) is 12.2. The zero-order chi connectivity index (χ0) is 47.3. The van der Waals surface area contributed by atoms with Gasteiger partial charge in [-0.25, -0.2) is 0 Å². The predicted molar refractivity (Wildman–Crippen MR) is 309 cm³/mol. The van der Waals surface area contributed by atoms with Gasteiger partial charge >= 0.3 is 0 Å². The minimum absolute atomic E-state index is 1.09. The number of anilines is 6. The highest BCUT2D eigenvalue weighted by Crippen LogP contribution is 2.52. The van der Waals surface area contributed by atoms with Crippen molar-refractivity contribution in [2.24, 2.45) is 0 Å². The minimum atomic E-state index is 1.09. The molecule has 0 N–H and O–H groups in total. The Labute approximate surface area is 417 Å². The van der Waals surface area contributed by atoms with E-state index in [-0.39, 0.29) is 0 Å². The van der Waals surface area contributed by atoms with Gasteiger partial charge in [-0.3, -0.25) is 0 Å². The largest absolute Gasteiger partial charge is 0.310 e. The fraction of sp³-hybridized carbons (Fsp3) is 0. The second-order valence-electron chi connectivity index (χ2n) is 19.2. The van der Waals surface area contributed by atoms with E-state index in [1.54, 1.807) is 0 Å². The third-order valence-electron chi connectivity index (χ3n) is 15.3. The highest BCUT2D eigenvalue weighted by Gasteiger charge is 2.25. The van der Waals surface area contributed by atoms with Crippen molar-refractivity contribution < 1.29 is 0 Å². The summed E-state index contributed by atoms with van der Waals surface area (Å²) in [6.07, 6.45) is 0. The van der Waals surface area contributed by atoms with Crippen molar-refractivity contribution in [1.82, 2.24) is 0 Å². The van der Waals surface area contributed by atoms with Crippen molar-refractivity contribution in [3.8, 4) is 22.3 Å². The minimum Gasteiger partial charge on any atom is -0.310 e. The van der Waals surface area contributed by atoms with Crippen LogP contribution in [0.25, 0.3) is 108 Å². The SMILES string of the molecule is c1ccc(N(c2ccccc2)c2ccc3c(-c4ccc5ccc6cccc7ccc4c5c67)c4cc(N(c5ccccc5)c5ccccc5)ccc4c(-c4ccc5ccc6cccc7ccc4c5c67)c3c2)cc1. The Morgan fingerprint density at radius 3 is 0.819 bits per heavy atom. The van der Waals surface area contributed by atoms with Gasteiger partial charge in [0.2, 0.25) is 0 Å². The molecule has 15 aromatic rings. The molecule has 0 aromatic heterocycles. The first-order valence-electron chi connectivity index (χ1n) is 24.9. The summed E-state index contributed by atoms with van der Waals surface area (Å²) in [5, 5.41) is 20.1. The van der Waals surface area contributed by atoms with Gasteiger partial charge in [-0.15, -0.1) is 0 Å². The lowest BCUT2D eigenvalue weighted by molar-refractivity contribution is 1.29. The highest BCUT2D eigenvalue weighted by atomic mass is 15.1. The van der Waals surface area contributed by atoms with Gasteiger partial charge in [0, 0.05) is 34.1 Å². The molecule has 0 fully saturated rings. The molecule has 0 heterocycles. The molecular formula is C70H44N2. The van der Waals surface area contributed by atoms with E-state index in [4.69, 9.17) is 0 Å². The smallest absolute Gasteiger partial charge is 0.0468 e. The van der Waals surface area contributed by atoms with E-state index in [2.05, 4.69) is 277 Å². The quantitative estimate of drug-likeness (QED) is 0.111. The van der Waals surface area contributed by atoms with Gasteiger partial charge in [0.1, 0.15) is 0 Å². The van der Waals surface area contributed by atoms with Gasteiger partial charge in [-0.2, -0.15) is 0 Å². The van der Waals surface area contributed by atoms with Crippen LogP contribution in [-0.4, -0.2) is 0 Å². The van der Waals surface area contributed by atoms with E-state index >= 15 is 0 Å². The first-order valence-corrected chi connectivity index (χ1v) is 24.9. The molecule has 0 unspecified atom stereocenters. The number of rotatable bonds is 8. The standard InChI is InChI=1S/C70H44N2/c1-5-19-51(20-6-1)71(52-21-7-2-8-22-52)55-35-41-61-63(43-55)69(59-39-33-49-29-27-45-15-13-17-47-31-37-57(59)67(49)65(45)47)62-42-36-56(72(53-23-9-3-10-24-53)54-25-11-4-12-26-54)44-64(62)70(61)60-40-34-50-30-28-46-16-14-18-48-32-38-58(60)68(50)66(46)48/h1-44H. The molecular weight excluding hydrogens is 869 g/mol. The summed E-state index contributed by atoms with van der Waals surface area (Å²) in [5.74, 6) is 0. The molecule has 2 nitrogen and oxygen atoms in total. The summed E-state index contributed by atoms with van der Waals surface area (Å²) in [7, 11) is 0. The summed E-state index contributed by atoms with van der Waals surface area (Å²) in [6.45, 7) is 0. The Morgan fingerprint density at radius 2 is 0.472 bits per heavy atom. The molecule has 0 bridgehead atoms. The van der Waals surface area contributed by atoms with E-state index in [0.29, 0.717) is 0 Å². The van der Waals surface area contributed by atoms with E-state index in [1.807, 2.05) is 0 Å². The third kappa shape index (κ3) is 6.16. The van der Waals surface area contributed by atoms with E-state index in [0.717, 1.165) is 34.1 Å². The van der Waals surface area contributed by atoms with Crippen LogP contribution in [0.1, 0.15) is 0 Å². The maximum Gasteiger partial charge on any atom is 0.0468 e. The molecule has 0 atom stereocenters. The fourth-order valence-corrected chi connectivity index (χ4v) is 12.2. The maximum atomic E-state index is 2.47. The Balaban J connectivity index is 1.13. The number of para-hydroxylation sites is 4. The van der Waals surface area contributed by atoms with Gasteiger partial charge < -0.3 is 9.80 Å². The average Bonchev–Trinajstić information content (AvgIpc) is 3.45. The molecule has 0 aliphatic rings. The molecule has 0 aliphatic carbocycles. The Hall–Kier alpha value is -9.50. The van der Waals surface area contributed by atoms with Crippen LogP contribution in [0.4, 0.5) is 34.1 Å². The molecule has 0 amide bonds. The predicted octanol–water partition coefficient (Wildman–Crippen LogP) is 20.1. The van der Waals surface area contributed by atoms with Crippen molar-refractivity contribution in [2.75, 3.05) is 9.80 Å². The van der Waals surface area contributed by atoms with Crippen molar-refractivity contribution >= 4 is 120 Å². The van der Waals surface area contributed by atoms with Crippen molar-refractivity contribution in [2.45, 2.75) is 0 Å². The van der Waals surface area contributed by atoms with Crippen LogP contribution in [-0.2, 0) is 0 Å². The summed E-state index contributed by atoms with van der Waals surface area (Å²) in [5.41, 5.74) is 11.5. The number of hydrogen-bond donors (Lipinski definition) is 0. The van der Waals surface area contributed by atoms with Gasteiger partial charge in [0.25, 0.3) is 0 Å². The van der Waals surface area contributed by atoms with Gasteiger partial charge in [0.15, 0.2) is 0 Å². The van der Waals surface area contributed by atoms with Crippen molar-refractivity contribution in [3.05, 3.63) is 267 Å². The number of nitrogens with zero attached hydrogens (tertiary/aromatic N) is 2. The molecule has 0 radical (unpaired) electrons. The number of benzene rings is 15. The molecule has 15 aromatic carbocycles. The second kappa shape index (κ2) is 16.0.